The van der Waals surface area contributed by atoms with Crippen LogP contribution < -0.4 is 0 Å². The van der Waals surface area contributed by atoms with E-state index in [1.807, 2.05) is 24.3 Å². The number of aromatic nitrogens is 1. The van der Waals surface area contributed by atoms with Crippen molar-refractivity contribution >= 4 is 28.4 Å². The minimum absolute atomic E-state index is 0.0390. The molecule has 0 spiro atoms. The van der Waals surface area contributed by atoms with Gasteiger partial charge < -0.3 is 9.64 Å². The molecule has 1 aromatic heterocycles. The maximum atomic E-state index is 13.1. The first-order chi connectivity index (χ1) is 13.2. The van der Waals surface area contributed by atoms with Crippen LogP contribution in [0.15, 0.2) is 48.5 Å². The van der Waals surface area contributed by atoms with Crippen molar-refractivity contribution in [2.75, 3.05) is 26.3 Å². The summed E-state index contributed by atoms with van der Waals surface area (Å²) in [5.41, 5.74) is 3.35. The van der Waals surface area contributed by atoms with Gasteiger partial charge in [0.05, 0.1) is 41.6 Å². The van der Waals surface area contributed by atoms with Gasteiger partial charge in [0, 0.05) is 29.1 Å². The molecule has 1 aliphatic rings. The highest BCUT2D eigenvalue weighted by molar-refractivity contribution is 6.31. The van der Waals surface area contributed by atoms with E-state index < -0.39 is 0 Å². The van der Waals surface area contributed by atoms with Crippen LogP contribution in [-0.4, -0.2) is 42.1 Å². The van der Waals surface area contributed by atoms with Gasteiger partial charge in [-0.2, -0.15) is 5.26 Å². The molecule has 0 bridgehead atoms. The van der Waals surface area contributed by atoms with Gasteiger partial charge in [0.25, 0.3) is 5.91 Å². The van der Waals surface area contributed by atoms with Crippen LogP contribution in [0.2, 0.25) is 5.02 Å². The minimum Gasteiger partial charge on any atom is -0.378 e. The Morgan fingerprint density at radius 1 is 1.11 bits per heavy atom. The third-order valence-electron chi connectivity index (χ3n) is 4.61. The molecule has 4 rings (SSSR count). The van der Waals surface area contributed by atoms with Crippen molar-refractivity contribution in [3.63, 3.8) is 0 Å². The highest BCUT2D eigenvalue weighted by atomic mass is 35.5. The molecule has 3 aromatic rings. The number of hydrogen-bond acceptors (Lipinski definition) is 4. The molecule has 6 heteroatoms. The number of amides is 1. The molecule has 2 aromatic carbocycles. The zero-order chi connectivity index (χ0) is 18.8. The normalized spacial score (nSPS) is 14.1. The number of ether oxygens (including phenoxy) is 1. The van der Waals surface area contributed by atoms with E-state index in [0.29, 0.717) is 53.7 Å². The number of benzene rings is 2. The van der Waals surface area contributed by atoms with E-state index in [9.17, 15) is 4.79 Å². The first kappa shape index (κ1) is 17.5. The van der Waals surface area contributed by atoms with Gasteiger partial charge in [-0.25, -0.2) is 4.98 Å². The van der Waals surface area contributed by atoms with Gasteiger partial charge in [-0.1, -0.05) is 29.8 Å². The highest BCUT2D eigenvalue weighted by Crippen LogP contribution is 2.28. The average molecular weight is 378 g/mol. The fourth-order valence-corrected chi connectivity index (χ4v) is 3.35. The monoisotopic (exact) mass is 377 g/mol. The summed E-state index contributed by atoms with van der Waals surface area (Å²) < 4.78 is 5.35. The zero-order valence-corrected chi connectivity index (χ0v) is 15.2. The lowest BCUT2D eigenvalue weighted by atomic mass is 10.0. The van der Waals surface area contributed by atoms with Crippen molar-refractivity contribution in [2.45, 2.75) is 0 Å². The van der Waals surface area contributed by atoms with Crippen LogP contribution in [-0.2, 0) is 4.74 Å². The quantitative estimate of drug-likeness (QED) is 0.679. The predicted octanol–water partition coefficient (Wildman–Crippen LogP) is 3.90. The fourth-order valence-electron chi connectivity index (χ4n) is 3.18. The second-order valence-electron chi connectivity index (χ2n) is 6.31. The number of pyridine rings is 1. The van der Waals surface area contributed by atoms with Crippen molar-refractivity contribution < 1.29 is 9.53 Å². The molecule has 1 fully saturated rings. The predicted molar refractivity (Wildman–Crippen MR) is 104 cm³/mol. The van der Waals surface area contributed by atoms with Crippen molar-refractivity contribution in [1.82, 2.24) is 9.88 Å². The van der Waals surface area contributed by atoms with Crippen LogP contribution in [0.4, 0.5) is 0 Å². The molecular weight excluding hydrogens is 362 g/mol. The molecule has 0 atom stereocenters. The molecule has 0 saturated carbocycles. The number of carbonyl (C=O) groups is 1. The summed E-state index contributed by atoms with van der Waals surface area (Å²) in [6, 6.07) is 16.4. The number of halogens is 1. The molecule has 1 amide bonds. The summed E-state index contributed by atoms with van der Waals surface area (Å²) >= 11 is 6.15. The van der Waals surface area contributed by atoms with Gasteiger partial charge in [0.1, 0.15) is 0 Å². The minimum atomic E-state index is -0.0390. The highest BCUT2D eigenvalue weighted by Gasteiger charge is 2.22. The second-order valence-corrected chi connectivity index (χ2v) is 6.75. The first-order valence-electron chi connectivity index (χ1n) is 8.63. The number of nitriles is 1. The zero-order valence-electron chi connectivity index (χ0n) is 14.5. The van der Waals surface area contributed by atoms with Crippen molar-refractivity contribution in [3.8, 4) is 17.3 Å². The Kier molecular flexibility index (Phi) is 4.76. The van der Waals surface area contributed by atoms with E-state index in [0.717, 1.165) is 10.9 Å². The summed E-state index contributed by atoms with van der Waals surface area (Å²) in [6.07, 6.45) is 0. The standard InChI is InChI=1S/C21H16ClN3O2/c22-16-5-6-17-18(21(26)25-7-9-27-10-8-25)12-19(24-20(17)11-16)15-3-1-14(13-23)2-4-15/h1-6,11-12H,7-10H2. The molecule has 1 aliphatic heterocycles. The largest absolute Gasteiger partial charge is 0.378 e. The third kappa shape index (κ3) is 3.50. The van der Waals surface area contributed by atoms with Crippen LogP contribution in [0.3, 0.4) is 0 Å². The Bertz CT molecular complexity index is 1050. The van der Waals surface area contributed by atoms with Crippen LogP contribution in [0.5, 0.6) is 0 Å². The van der Waals surface area contributed by atoms with Gasteiger partial charge >= 0.3 is 0 Å². The maximum Gasteiger partial charge on any atom is 0.254 e. The molecule has 0 unspecified atom stereocenters. The summed E-state index contributed by atoms with van der Waals surface area (Å²) in [6.45, 7) is 2.23. The van der Waals surface area contributed by atoms with E-state index in [4.69, 9.17) is 21.6 Å². The second kappa shape index (κ2) is 7.36. The Hall–Kier alpha value is -2.94. The molecule has 0 aliphatic carbocycles. The van der Waals surface area contributed by atoms with Crippen molar-refractivity contribution in [1.29, 1.82) is 5.26 Å². The lowest BCUT2D eigenvalue weighted by Gasteiger charge is -2.27. The van der Waals surface area contributed by atoms with Gasteiger partial charge in [-0.05, 0) is 30.3 Å². The summed E-state index contributed by atoms with van der Waals surface area (Å²) in [5, 5.41) is 10.3. The number of morpholine rings is 1. The Labute approximate surface area is 161 Å². The van der Waals surface area contributed by atoms with Gasteiger partial charge in [0.15, 0.2) is 0 Å². The molecule has 27 heavy (non-hydrogen) atoms. The van der Waals surface area contributed by atoms with E-state index in [1.54, 1.807) is 29.2 Å². The summed E-state index contributed by atoms with van der Waals surface area (Å²) in [4.78, 5) is 19.6. The molecule has 1 saturated heterocycles. The molecule has 2 heterocycles. The van der Waals surface area contributed by atoms with Gasteiger partial charge in [-0.15, -0.1) is 0 Å². The Balaban J connectivity index is 1.85. The van der Waals surface area contributed by atoms with Crippen LogP contribution in [0, 0.1) is 11.3 Å². The van der Waals surface area contributed by atoms with Crippen molar-refractivity contribution in [2.24, 2.45) is 0 Å². The summed E-state index contributed by atoms with van der Waals surface area (Å²) in [7, 11) is 0. The van der Waals surface area contributed by atoms with Crippen molar-refractivity contribution in [3.05, 3.63) is 64.7 Å². The van der Waals surface area contributed by atoms with E-state index in [-0.39, 0.29) is 5.91 Å². The average Bonchev–Trinajstić information content (AvgIpc) is 2.73. The lowest BCUT2D eigenvalue weighted by molar-refractivity contribution is 0.0304. The molecular formula is C21H16ClN3O2. The number of carbonyl (C=O) groups excluding carboxylic acids is 1. The summed E-state index contributed by atoms with van der Waals surface area (Å²) in [5.74, 6) is -0.0390. The van der Waals surface area contributed by atoms with E-state index in [2.05, 4.69) is 11.1 Å². The lowest BCUT2D eigenvalue weighted by Crippen LogP contribution is -2.40. The van der Waals surface area contributed by atoms with E-state index in [1.165, 1.54) is 0 Å². The topological polar surface area (TPSA) is 66.2 Å². The fraction of sp³-hybridized carbons (Fsp3) is 0.190. The van der Waals surface area contributed by atoms with Gasteiger partial charge in [-0.3, -0.25) is 4.79 Å². The van der Waals surface area contributed by atoms with Crippen LogP contribution in [0.25, 0.3) is 22.2 Å². The number of hydrogen-bond donors (Lipinski definition) is 0. The van der Waals surface area contributed by atoms with E-state index >= 15 is 0 Å². The van der Waals surface area contributed by atoms with Crippen LogP contribution in [0.1, 0.15) is 15.9 Å². The van der Waals surface area contributed by atoms with Crippen LogP contribution >= 0.6 is 11.6 Å². The SMILES string of the molecule is N#Cc1ccc(-c2cc(C(=O)N3CCOCC3)c3ccc(Cl)cc3n2)cc1. The number of nitrogens with zero attached hydrogens (tertiary/aromatic N) is 3. The third-order valence-corrected chi connectivity index (χ3v) is 4.85. The first-order valence-corrected chi connectivity index (χ1v) is 9.01. The number of fused-ring (bicyclic) bond motifs is 1. The molecule has 5 nitrogen and oxygen atoms in total. The smallest absolute Gasteiger partial charge is 0.254 e. The number of rotatable bonds is 2. The molecule has 0 radical (unpaired) electrons. The Morgan fingerprint density at radius 2 is 1.85 bits per heavy atom. The van der Waals surface area contributed by atoms with Gasteiger partial charge in [0.2, 0.25) is 0 Å². The molecule has 0 N–H and O–H groups in total. The maximum absolute atomic E-state index is 13.1. The molecule has 134 valence electrons. The Morgan fingerprint density at radius 3 is 2.56 bits per heavy atom.